The summed E-state index contributed by atoms with van der Waals surface area (Å²) in [6.45, 7) is 3.76. The van der Waals surface area contributed by atoms with E-state index in [2.05, 4.69) is 4.98 Å². The van der Waals surface area contributed by atoms with Crippen LogP contribution in [0.15, 0.2) is 42.9 Å². The topological polar surface area (TPSA) is 34.9 Å². The van der Waals surface area contributed by atoms with Crippen LogP contribution in [0.3, 0.4) is 0 Å². The van der Waals surface area contributed by atoms with Gasteiger partial charge in [-0.1, -0.05) is 32.0 Å². The van der Waals surface area contributed by atoms with Crippen molar-refractivity contribution in [1.82, 2.24) is 9.55 Å². The lowest BCUT2D eigenvalue weighted by molar-refractivity contribution is 0.0935. The Hall–Kier alpha value is -1.90. The van der Waals surface area contributed by atoms with Crippen LogP contribution < -0.4 is 0 Å². The van der Waals surface area contributed by atoms with Gasteiger partial charge in [-0.15, -0.1) is 0 Å². The van der Waals surface area contributed by atoms with E-state index < -0.39 is 0 Å². The molecular weight excluding hydrogens is 200 g/mol. The van der Waals surface area contributed by atoms with Crippen LogP contribution in [0.25, 0.3) is 5.69 Å². The predicted molar refractivity (Wildman–Crippen MR) is 62.7 cm³/mol. The number of hydrogen-bond donors (Lipinski definition) is 0. The fourth-order valence-electron chi connectivity index (χ4n) is 1.49. The number of para-hydroxylation sites is 1. The van der Waals surface area contributed by atoms with Gasteiger partial charge in [-0.3, -0.25) is 4.79 Å². The Morgan fingerprint density at radius 1 is 1.25 bits per heavy atom. The number of aromatic nitrogens is 2. The number of ketones is 1. The summed E-state index contributed by atoms with van der Waals surface area (Å²) >= 11 is 0. The number of carbonyl (C=O) groups is 1. The summed E-state index contributed by atoms with van der Waals surface area (Å²) in [5.41, 5.74) is 1.54. The molecule has 3 heteroatoms. The summed E-state index contributed by atoms with van der Waals surface area (Å²) in [6.07, 6.45) is 3.45. The van der Waals surface area contributed by atoms with Crippen molar-refractivity contribution in [2.45, 2.75) is 13.8 Å². The second kappa shape index (κ2) is 4.31. The second-order valence-corrected chi connectivity index (χ2v) is 4.02. The zero-order valence-electron chi connectivity index (χ0n) is 9.42. The summed E-state index contributed by atoms with van der Waals surface area (Å²) in [5, 5.41) is 0. The van der Waals surface area contributed by atoms with Crippen molar-refractivity contribution in [3.05, 3.63) is 48.5 Å². The highest BCUT2D eigenvalue weighted by atomic mass is 16.1. The zero-order valence-corrected chi connectivity index (χ0v) is 9.42. The van der Waals surface area contributed by atoms with Gasteiger partial charge < -0.3 is 4.57 Å². The number of imidazole rings is 1. The zero-order chi connectivity index (χ0) is 11.5. The third kappa shape index (κ3) is 2.03. The molecule has 0 bridgehead atoms. The normalized spacial score (nSPS) is 10.7. The highest BCUT2D eigenvalue weighted by Gasteiger charge is 2.13. The molecule has 0 aliphatic heterocycles. The van der Waals surface area contributed by atoms with Gasteiger partial charge in [0.15, 0.2) is 5.78 Å². The third-order valence-electron chi connectivity index (χ3n) is 2.41. The first kappa shape index (κ1) is 10.6. The van der Waals surface area contributed by atoms with Crippen LogP contribution in [0.4, 0.5) is 0 Å². The van der Waals surface area contributed by atoms with E-state index >= 15 is 0 Å². The Morgan fingerprint density at radius 2 is 1.94 bits per heavy atom. The summed E-state index contributed by atoms with van der Waals surface area (Å²) in [6, 6.07) is 9.83. The molecule has 0 atom stereocenters. The van der Waals surface area contributed by atoms with Crippen molar-refractivity contribution in [1.29, 1.82) is 0 Å². The van der Waals surface area contributed by atoms with Crippen LogP contribution in [-0.4, -0.2) is 15.3 Å². The maximum absolute atomic E-state index is 11.7. The molecule has 0 saturated heterocycles. The molecule has 0 radical (unpaired) electrons. The van der Waals surface area contributed by atoms with E-state index in [0.29, 0.717) is 5.69 Å². The molecule has 16 heavy (non-hydrogen) atoms. The fourth-order valence-corrected chi connectivity index (χ4v) is 1.49. The summed E-state index contributed by atoms with van der Waals surface area (Å²) in [7, 11) is 0. The van der Waals surface area contributed by atoms with E-state index in [0.717, 1.165) is 5.69 Å². The molecule has 1 aromatic heterocycles. The SMILES string of the molecule is CC(C)C(=O)c1cn(-c2ccccc2)cn1. The minimum Gasteiger partial charge on any atom is -0.306 e. The van der Waals surface area contributed by atoms with Crippen molar-refractivity contribution < 1.29 is 4.79 Å². The maximum Gasteiger partial charge on any atom is 0.185 e. The molecule has 0 saturated carbocycles. The first-order valence-corrected chi connectivity index (χ1v) is 5.32. The van der Waals surface area contributed by atoms with Crippen LogP contribution in [0, 0.1) is 5.92 Å². The van der Waals surface area contributed by atoms with Crippen molar-refractivity contribution in [3.63, 3.8) is 0 Å². The summed E-state index contributed by atoms with van der Waals surface area (Å²) in [4.78, 5) is 15.8. The molecule has 0 amide bonds. The van der Waals surface area contributed by atoms with Crippen LogP contribution >= 0.6 is 0 Å². The maximum atomic E-state index is 11.7. The molecule has 3 nitrogen and oxygen atoms in total. The van der Waals surface area contributed by atoms with Crippen molar-refractivity contribution in [2.75, 3.05) is 0 Å². The van der Waals surface area contributed by atoms with E-state index in [1.54, 1.807) is 12.5 Å². The van der Waals surface area contributed by atoms with E-state index in [1.165, 1.54) is 0 Å². The van der Waals surface area contributed by atoms with Crippen LogP contribution in [0.5, 0.6) is 0 Å². The first-order valence-electron chi connectivity index (χ1n) is 5.32. The number of carbonyl (C=O) groups excluding carboxylic acids is 1. The van der Waals surface area contributed by atoms with Crippen molar-refractivity contribution in [2.24, 2.45) is 5.92 Å². The predicted octanol–water partition coefficient (Wildman–Crippen LogP) is 2.71. The van der Waals surface area contributed by atoms with Gasteiger partial charge in [0.05, 0.1) is 0 Å². The minimum absolute atomic E-state index is 0.0147. The smallest absolute Gasteiger partial charge is 0.185 e. The molecule has 0 fully saturated rings. The summed E-state index contributed by atoms with van der Waals surface area (Å²) < 4.78 is 1.86. The largest absolute Gasteiger partial charge is 0.306 e. The number of rotatable bonds is 3. The molecule has 1 heterocycles. The van der Waals surface area contributed by atoms with Gasteiger partial charge in [-0.05, 0) is 12.1 Å². The lowest BCUT2D eigenvalue weighted by Gasteiger charge is -2.00. The summed E-state index contributed by atoms with van der Waals surface area (Å²) in [5.74, 6) is 0.0637. The van der Waals surface area contributed by atoms with E-state index in [9.17, 15) is 4.79 Å². The average Bonchev–Trinajstić information content (AvgIpc) is 2.78. The Morgan fingerprint density at radius 3 is 2.56 bits per heavy atom. The lowest BCUT2D eigenvalue weighted by atomic mass is 10.1. The lowest BCUT2D eigenvalue weighted by Crippen LogP contribution is -2.07. The van der Waals surface area contributed by atoms with E-state index in [-0.39, 0.29) is 11.7 Å². The molecule has 82 valence electrons. The van der Waals surface area contributed by atoms with Crippen LogP contribution in [0.1, 0.15) is 24.3 Å². The molecule has 0 N–H and O–H groups in total. The molecule has 0 unspecified atom stereocenters. The molecule has 2 aromatic rings. The van der Waals surface area contributed by atoms with Gasteiger partial charge in [-0.25, -0.2) is 4.98 Å². The molecule has 0 aliphatic carbocycles. The monoisotopic (exact) mass is 214 g/mol. The Balaban J connectivity index is 2.30. The average molecular weight is 214 g/mol. The molecule has 1 aromatic carbocycles. The Bertz CT molecular complexity index is 486. The number of hydrogen-bond acceptors (Lipinski definition) is 2. The van der Waals surface area contributed by atoms with Gasteiger partial charge in [0.2, 0.25) is 0 Å². The van der Waals surface area contributed by atoms with E-state index in [1.807, 2.05) is 48.7 Å². The van der Waals surface area contributed by atoms with Crippen LogP contribution in [-0.2, 0) is 0 Å². The van der Waals surface area contributed by atoms with Gasteiger partial charge in [0.25, 0.3) is 0 Å². The standard InChI is InChI=1S/C13H14N2O/c1-10(2)13(16)12-8-15(9-14-12)11-6-4-3-5-7-11/h3-10H,1-2H3. The Labute approximate surface area is 94.7 Å². The molecule has 0 aliphatic rings. The number of nitrogens with zero attached hydrogens (tertiary/aromatic N) is 2. The quantitative estimate of drug-likeness (QED) is 0.736. The molecule has 0 spiro atoms. The van der Waals surface area contributed by atoms with Crippen molar-refractivity contribution >= 4 is 5.78 Å². The van der Waals surface area contributed by atoms with Gasteiger partial charge in [0, 0.05) is 17.8 Å². The third-order valence-corrected chi connectivity index (χ3v) is 2.41. The van der Waals surface area contributed by atoms with Gasteiger partial charge in [0.1, 0.15) is 12.0 Å². The molecule has 2 rings (SSSR count). The van der Waals surface area contributed by atoms with Crippen molar-refractivity contribution in [3.8, 4) is 5.69 Å². The Kier molecular flexibility index (Phi) is 2.86. The van der Waals surface area contributed by atoms with Gasteiger partial charge >= 0.3 is 0 Å². The minimum atomic E-state index is -0.0147. The molecular formula is C13H14N2O. The number of benzene rings is 1. The van der Waals surface area contributed by atoms with Gasteiger partial charge in [-0.2, -0.15) is 0 Å². The highest BCUT2D eigenvalue weighted by molar-refractivity contribution is 5.95. The van der Waals surface area contributed by atoms with E-state index in [4.69, 9.17) is 0 Å². The van der Waals surface area contributed by atoms with Crippen LogP contribution in [0.2, 0.25) is 0 Å². The fraction of sp³-hybridized carbons (Fsp3) is 0.231. The highest BCUT2D eigenvalue weighted by Crippen LogP contribution is 2.10. The first-order chi connectivity index (χ1) is 7.68. The number of Topliss-reactive ketones (excluding diaryl/α,β-unsaturated/α-hetero) is 1. The second-order valence-electron chi connectivity index (χ2n) is 4.02.